The maximum atomic E-state index is 13.0. The Hall–Kier alpha value is -2.31. The second kappa shape index (κ2) is 11.3. The van der Waals surface area contributed by atoms with Crippen molar-refractivity contribution in [2.24, 2.45) is 0 Å². The summed E-state index contributed by atoms with van der Waals surface area (Å²) in [6, 6.07) is 16.2. The van der Waals surface area contributed by atoms with Crippen molar-refractivity contribution in [2.75, 3.05) is 39.5 Å². The molecule has 166 valence electrons. The molecule has 2 amide bonds. The van der Waals surface area contributed by atoms with Gasteiger partial charge in [-0.3, -0.25) is 9.59 Å². The van der Waals surface area contributed by atoms with E-state index in [1.165, 1.54) is 22.9 Å². The lowest BCUT2D eigenvalue weighted by molar-refractivity contribution is -0.127. The van der Waals surface area contributed by atoms with E-state index in [0.29, 0.717) is 17.9 Å². The van der Waals surface area contributed by atoms with E-state index >= 15 is 0 Å². The lowest BCUT2D eigenvalue weighted by Gasteiger charge is -2.25. The van der Waals surface area contributed by atoms with Crippen molar-refractivity contribution in [3.63, 3.8) is 0 Å². The number of likely N-dealkylation sites (tertiary alicyclic amines) is 1. The van der Waals surface area contributed by atoms with E-state index in [1.54, 1.807) is 0 Å². The van der Waals surface area contributed by atoms with Crippen LogP contribution in [0.25, 0.3) is 0 Å². The van der Waals surface area contributed by atoms with Crippen LogP contribution in [0, 0.1) is 0 Å². The summed E-state index contributed by atoms with van der Waals surface area (Å²) in [5.41, 5.74) is 3.11. The highest BCUT2D eigenvalue weighted by atomic mass is 32.2. The van der Waals surface area contributed by atoms with Gasteiger partial charge in [-0.05, 0) is 56.6 Å². The largest absolute Gasteiger partial charge is 0.350 e. The summed E-state index contributed by atoms with van der Waals surface area (Å²) in [7, 11) is 4.05. The molecule has 0 radical (unpaired) electrons. The molecule has 31 heavy (non-hydrogen) atoms. The normalized spacial score (nSPS) is 14.6. The molecule has 1 N–H and O–H groups in total. The average Bonchev–Trinajstić information content (AvgIpc) is 3.33. The van der Waals surface area contributed by atoms with Crippen LogP contribution in [-0.2, 0) is 11.2 Å². The molecule has 2 aromatic rings. The van der Waals surface area contributed by atoms with Crippen molar-refractivity contribution in [1.29, 1.82) is 0 Å². The molecule has 0 aliphatic carbocycles. The molecule has 1 atom stereocenters. The lowest BCUT2D eigenvalue weighted by Crippen LogP contribution is -2.34. The number of hydrogen-bond acceptors (Lipinski definition) is 4. The minimum absolute atomic E-state index is 0.0893. The molecule has 1 heterocycles. The number of carbonyl (C=O) groups excluding carboxylic acids is 2. The highest BCUT2D eigenvalue weighted by molar-refractivity contribution is 8.00. The Morgan fingerprint density at radius 1 is 1.06 bits per heavy atom. The van der Waals surface area contributed by atoms with E-state index in [2.05, 4.69) is 41.4 Å². The quantitative estimate of drug-likeness (QED) is 0.600. The van der Waals surface area contributed by atoms with Crippen LogP contribution in [0.15, 0.2) is 53.4 Å². The van der Waals surface area contributed by atoms with Crippen LogP contribution in [0.3, 0.4) is 0 Å². The van der Waals surface area contributed by atoms with Crippen molar-refractivity contribution >= 4 is 23.6 Å². The number of thioether (sulfide) groups is 1. The van der Waals surface area contributed by atoms with Crippen molar-refractivity contribution < 1.29 is 9.59 Å². The van der Waals surface area contributed by atoms with Gasteiger partial charge < -0.3 is 15.1 Å². The SMILES string of the molecule is CCc1ccc([C@@H](CNC(=O)c2ccccc2SCC(=O)N2CCCC2)N(C)C)cc1. The Balaban J connectivity index is 1.63. The van der Waals surface area contributed by atoms with E-state index in [0.717, 1.165) is 37.2 Å². The zero-order chi connectivity index (χ0) is 22.2. The second-order valence-corrected chi connectivity index (χ2v) is 9.17. The Kier molecular flexibility index (Phi) is 8.55. The predicted octanol–water partition coefficient (Wildman–Crippen LogP) is 4.00. The maximum absolute atomic E-state index is 13.0. The second-order valence-electron chi connectivity index (χ2n) is 8.16. The van der Waals surface area contributed by atoms with Gasteiger partial charge in [0.15, 0.2) is 0 Å². The summed E-state index contributed by atoms with van der Waals surface area (Å²) >= 11 is 1.45. The number of benzene rings is 2. The van der Waals surface area contributed by atoms with Gasteiger partial charge in [-0.15, -0.1) is 11.8 Å². The summed E-state index contributed by atoms with van der Waals surface area (Å²) in [6.07, 6.45) is 3.19. The third kappa shape index (κ3) is 6.34. The molecule has 1 saturated heterocycles. The summed E-state index contributed by atoms with van der Waals surface area (Å²) in [5.74, 6) is 0.420. The summed E-state index contributed by atoms with van der Waals surface area (Å²) in [6.45, 7) is 4.37. The van der Waals surface area contributed by atoms with Gasteiger partial charge in [0, 0.05) is 24.5 Å². The first-order valence-electron chi connectivity index (χ1n) is 11.0. The van der Waals surface area contributed by atoms with Gasteiger partial charge in [0.25, 0.3) is 5.91 Å². The van der Waals surface area contributed by atoms with Gasteiger partial charge in [-0.1, -0.05) is 43.3 Å². The number of amides is 2. The first-order chi connectivity index (χ1) is 15.0. The monoisotopic (exact) mass is 439 g/mol. The van der Waals surface area contributed by atoms with E-state index in [9.17, 15) is 9.59 Å². The summed E-state index contributed by atoms with van der Waals surface area (Å²) in [5, 5.41) is 3.10. The molecule has 2 aromatic carbocycles. The zero-order valence-corrected chi connectivity index (χ0v) is 19.6. The molecule has 1 aliphatic rings. The molecule has 0 aromatic heterocycles. The molecule has 5 nitrogen and oxygen atoms in total. The molecule has 6 heteroatoms. The number of aryl methyl sites for hydroxylation is 1. The summed E-state index contributed by atoms with van der Waals surface area (Å²) < 4.78 is 0. The maximum Gasteiger partial charge on any atom is 0.252 e. The molecular formula is C25H33N3O2S. The number of likely N-dealkylation sites (N-methyl/N-ethyl adjacent to an activating group) is 1. The standard InChI is InChI=1S/C25H33N3O2S/c1-4-19-11-13-20(14-12-19)22(27(2)3)17-26-25(30)21-9-5-6-10-23(21)31-18-24(29)28-15-7-8-16-28/h5-6,9-14,22H,4,7-8,15-18H2,1-3H3,(H,26,30)/t22-/m1/s1. The van der Waals surface area contributed by atoms with E-state index < -0.39 is 0 Å². The third-order valence-corrected chi connectivity index (χ3v) is 6.85. The molecule has 0 spiro atoms. The van der Waals surface area contributed by atoms with Crippen molar-refractivity contribution in [3.8, 4) is 0 Å². The first-order valence-corrected chi connectivity index (χ1v) is 12.0. The van der Waals surface area contributed by atoms with E-state index in [1.807, 2.05) is 43.3 Å². The van der Waals surface area contributed by atoms with Crippen LogP contribution in [0.2, 0.25) is 0 Å². The van der Waals surface area contributed by atoms with Gasteiger partial charge >= 0.3 is 0 Å². The number of hydrogen-bond donors (Lipinski definition) is 1. The molecular weight excluding hydrogens is 406 g/mol. The fourth-order valence-electron chi connectivity index (χ4n) is 3.84. The van der Waals surface area contributed by atoms with E-state index in [-0.39, 0.29) is 17.9 Å². The molecule has 3 rings (SSSR count). The minimum atomic E-state index is -0.103. The Bertz CT molecular complexity index is 877. The van der Waals surface area contributed by atoms with E-state index in [4.69, 9.17) is 0 Å². The van der Waals surface area contributed by atoms with Crippen LogP contribution in [-0.4, -0.2) is 61.1 Å². The van der Waals surface area contributed by atoms with Crippen LogP contribution >= 0.6 is 11.8 Å². The van der Waals surface area contributed by atoms with Crippen LogP contribution in [0.1, 0.15) is 47.3 Å². The predicted molar refractivity (Wildman–Crippen MR) is 128 cm³/mol. The third-order valence-electron chi connectivity index (χ3n) is 5.79. The number of nitrogens with zero attached hydrogens (tertiary/aromatic N) is 2. The smallest absolute Gasteiger partial charge is 0.252 e. The highest BCUT2D eigenvalue weighted by Crippen LogP contribution is 2.24. The molecule has 0 bridgehead atoms. The van der Waals surface area contributed by atoms with Gasteiger partial charge in [0.2, 0.25) is 5.91 Å². The lowest BCUT2D eigenvalue weighted by atomic mass is 10.0. The van der Waals surface area contributed by atoms with Crippen molar-refractivity contribution in [3.05, 3.63) is 65.2 Å². The highest BCUT2D eigenvalue weighted by Gasteiger charge is 2.20. The van der Waals surface area contributed by atoms with Crippen LogP contribution < -0.4 is 5.32 Å². The number of carbonyl (C=O) groups is 2. The van der Waals surface area contributed by atoms with Crippen molar-refractivity contribution in [2.45, 2.75) is 37.1 Å². The Labute approximate surface area is 190 Å². The first kappa shape index (κ1) is 23.4. The zero-order valence-electron chi connectivity index (χ0n) is 18.8. The van der Waals surface area contributed by atoms with Crippen LogP contribution in [0.5, 0.6) is 0 Å². The Morgan fingerprint density at radius 3 is 2.39 bits per heavy atom. The van der Waals surface area contributed by atoms with Gasteiger partial charge in [0.1, 0.15) is 0 Å². The van der Waals surface area contributed by atoms with Gasteiger partial charge in [-0.2, -0.15) is 0 Å². The molecule has 0 saturated carbocycles. The fourth-order valence-corrected chi connectivity index (χ4v) is 4.79. The fraction of sp³-hybridized carbons (Fsp3) is 0.440. The average molecular weight is 440 g/mol. The minimum Gasteiger partial charge on any atom is -0.350 e. The Morgan fingerprint density at radius 2 is 1.74 bits per heavy atom. The molecule has 1 fully saturated rings. The molecule has 1 aliphatic heterocycles. The number of nitrogens with one attached hydrogen (secondary N) is 1. The molecule has 0 unspecified atom stereocenters. The van der Waals surface area contributed by atoms with Crippen molar-refractivity contribution in [1.82, 2.24) is 15.1 Å². The number of rotatable bonds is 9. The van der Waals surface area contributed by atoms with Gasteiger partial charge in [0.05, 0.1) is 17.4 Å². The summed E-state index contributed by atoms with van der Waals surface area (Å²) in [4.78, 5) is 30.3. The van der Waals surface area contributed by atoms with Gasteiger partial charge in [-0.25, -0.2) is 0 Å². The van der Waals surface area contributed by atoms with Crippen LogP contribution in [0.4, 0.5) is 0 Å². The topological polar surface area (TPSA) is 52.7 Å².